The van der Waals surface area contributed by atoms with Crippen molar-refractivity contribution < 1.29 is 5.11 Å². The lowest BCUT2D eigenvalue weighted by molar-refractivity contribution is 0.471. The van der Waals surface area contributed by atoms with Crippen LogP contribution in [0.5, 0.6) is 5.75 Å². The second-order valence-electron chi connectivity index (χ2n) is 4.60. The summed E-state index contributed by atoms with van der Waals surface area (Å²) in [5.74, 6) is 0.384. The number of hydrogen-bond acceptors (Lipinski definition) is 1. The van der Waals surface area contributed by atoms with Crippen molar-refractivity contribution >= 4 is 6.08 Å². The van der Waals surface area contributed by atoms with E-state index in [-0.39, 0.29) is 0 Å². The van der Waals surface area contributed by atoms with Crippen LogP contribution in [-0.4, -0.2) is 5.11 Å². The first-order valence-corrected chi connectivity index (χ1v) is 7.04. The van der Waals surface area contributed by atoms with E-state index in [1.807, 2.05) is 19.1 Å². The molecule has 0 bridgehead atoms. The van der Waals surface area contributed by atoms with Gasteiger partial charge in [-0.05, 0) is 37.0 Å². The van der Waals surface area contributed by atoms with E-state index in [4.69, 9.17) is 0 Å². The van der Waals surface area contributed by atoms with Crippen LogP contribution >= 0.6 is 0 Å². The summed E-state index contributed by atoms with van der Waals surface area (Å²) in [5, 5.41) is 9.57. The summed E-state index contributed by atoms with van der Waals surface area (Å²) in [7, 11) is 0. The van der Waals surface area contributed by atoms with Crippen molar-refractivity contribution in [2.75, 3.05) is 0 Å². The van der Waals surface area contributed by atoms with Gasteiger partial charge in [0.2, 0.25) is 0 Å². The fraction of sp³-hybridized carbons (Fsp3) is 0.444. The molecule has 0 saturated carbocycles. The lowest BCUT2D eigenvalue weighted by Crippen LogP contribution is -1.81. The Labute approximate surface area is 118 Å². The lowest BCUT2D eigenvalue weighted by Gasteiger charge is -2.02. The minimum atomic E-state index is 0.384. The van der Waals surface area contributed by atoms with E-state index in [0.717, 1.165) is 17.5 Å². The molecule has 0 aliphatic rings. The first-order valence-electron chi connectivity index (χ1n) is 7.04. The highest BCUT2D eigenvalue weighted by Gasteiger charge is 1.98. The van der Waals surface area contributed by atoms with E-state index in [2.05, 4.69) is 31.9 Å². The predicted molar refractivity (Wildman–Crippen MR) is 85.1 cm³/mol. The Morgan fingerprint density at radius 2 is 1.79 bits per heavy atom. The second kappa shape index (κ2) is 11.4. The zero-order chi connectivity index (χ0) is 14.5. The third-order valence-corrected chi connectivity index (χ3v) is 3.12. The third kappa shape index (κ3) is 7.36. The van der Waals surface area contributed by atoms with Gasteiger partial charge in [0.25, 0.3) is 0 Å². The van der Waals surface area contributed by atoms with Gasteiger partial charge < -0.3 is 5.11 Å². The van der Waals surface area contributed by atoms with Crippen molar-refractivity contribution in [1.29, 1.82) is 0 Å². The van der Waals surface area contributed by atoms with Gasteiger partial charge >= 0.3 is 0 Å². The van der Waals surface area contributed by atoms with Crippen LogP contribution in [0, 0.1) is 19.8 Å². The standard InChI is InChI=1S/C16H24O.C2H2/c1-3-4-5-6-7-8-9-11-15-12-10-13-16(17)14(15)2;1-2/h9-13,17H,3-8H2,1-2H3;1-2H/b11-9+;. The summed E-state index contributed by atoms with van der Waals surface area (Å²) in [5.41, 5.74) is 2.09. The maximum absolute atomic E-state index is 9.57. The number of allylic oxidation sites excluding steroid dienone is 1. The monoisotopic (exact) mass is 258 g/mol. The molecule has 0 atom stereocenters. The molecule has 0 spiro atoms. The predicted octanol–water partition coefficient (Wildman–Crippen LogP) is 5.32. The molecule has 104 valence electrons. The molecule has 0 radical (unpaired) electrons. The van der Waals surface area contributed by atoms with Crippen LogP contribution in [0.3, 0.4) is 0 Å². The van der Waals surface area contributed by atoms with E-state index in [0.29, 0.717) is 5.75 Å². The highest BCUT2D eigenvalue weighted by atomic mass is 16.3. The molecular weight excluding hydrogens is 232 g/mol. The van der Waals surface area contributed by atoms with Crippen molar-refractivity contribution in [3.8, 4) is 18.6 Å². The zero-order valence-electron chi connectivity index (χ0n) is 12.2. The molecule has 0 fully saturated rings. The van der Waals surface area contributed by atoms with Crippen LogP contribution in [0.25, 0.3) is 6.08 Å². The average molecular weight is 258 g/mol. The molecule has 19 heavy (non-hydrogen) atoms. The molecule has 0 amide bonds. The van der Waals surface area contributed by atoms with Crippen LogP contribution in [0.1, 0.15) is 56.6 Å². The van der Waals surface area contributed by atoms with E-state index in [1.54, 1.807) is 6.07 Å². The number of benzene rings is 1. The van der Waals surface area contributed by atoms with Gasteiger partial charge in [-0.25, -0.2) is 0 Å². The number of phenols is 1. The highest BCUT2D eigenvalue weighted by molar-refractivity contribution is 5.56. The Morgan fingerprint density at radius 3 is 2.47 bits per heavy atom. The van der Waals surface area contributed by atoms with Gasteiger partial charge in [-0.3, -0.25) is 0 Å². The van der Waals surface area contributed by atoms with Crippen molar-refractivity contribution in [3.63, 3.8) is 0 Å². The quantitative estimate of drug-likeness (QED) is 0.518. The molecule has 1 nitrogen and oxygen atoms in total. The number of terminal acetylenes is 1. The first-order chi connectivity index (χ1) is 9.25. The van der Waals surface area contributed by atoms with Gasteiger partial charge in [0, 0.05) is 0 Å². The smallest absolute Gasteiger partial charge is 0.119 e. The van der Waals surface area contributed by atoms with Gasteiger partial charge in [-0.2, -0.15) is 0 Å². The zero-order valence-corrected chi connectivity index (χ0v) is 12.2. The topological polar surface area (TPSA) is 20.2 Å². The average Bonchev–Trinajstić information content (AvgIpc) is 2.44. The minimum Gasteiger partial charge on any atom is -0.508 e. The van der Waals surface area contributed by atoms with E-state index in [9.17, 15) is 5.11 Å². The van der Waals surface area contributed by atoms with Crippen LogP contribution < -0.4 is 0 Å². The number of hydrogen-bond donors (Lipinski definition) is 1. The molecule has 0 aliphatic carbocycles. The van der Waals surface area contributed by atoms with Crippen molar-refractivity contribution in [1.82, 2.24) is 0 Å². The van der Waals surface area contributed by atoms with Gasteiger partial charge in [-0.15, -0.1) is 12.8 Å². The van der Waals surface area contributed by atoms with Crippen molar-refractivity contribution in [2.45, 2.75) is 52.4 Å². The molecule has 1 aromatic carbocycles. The van der Waals surface area contributed by atoms with E-state index >= 15 is 0 Å². The first kappa shape index (κ1) is 17.3. The van der Waals surface area contributed by atoms with Gasteiger partial charge in [0.1, 0.15) is 5.75 Å². The molecule has 0 unspecified atom stereocenters. The number of phenolic OH excluding ortho intramolecular Hbond substituents is 1. The normalized spacial score (nSPS) is 10.1. The highest BCUT2D eigenvalue weighted by Crippen LogP contribution is 2.20. The van der Waals surface area contributed by atoms with Gasteiger partial charge in [-0.1, -0.05) is 56.9 Å². The lowest BCUT2D eigenvalue weighted by atomic mass is 10.1. The molecule has 1 rings (SSSR count). The molecule has 1 aromatic rings. The number of unbranched alkanes of at least 4 members (excludes halogenated alkanes) is 5. The number of aromatic hydroxyl groups is 1. The maximum atomic E-state index is 9.57. The van der Waals surface area contributed by atoms with Crippen LogP contribution in [0.4, 0.5) is 0 Å². The molecule has 1 heteroatoms. The maximum Gasteiger partial charge on any atom is 0.119 e. The summed E-state index contributed by atoms with van der Waals surface area (Å²) in [6.07, 6.45) is 20.1. The third-order valence-electron chi connectivity index (χ3n) is 3.12. The molecule has 0 heterocycles. The Morgan fingerprint density at radius 1 is 1.11 bits per heavy atom. The number of rotatable bonds is 7. The Balaban J connectivity index is 0.00000154. The molecular formula is C18H26O. The summed E-state index contributed by atoms with van der Waals surface area (Å²) in [4.78, 5) is 0. The van der Waals surface area contributed by atoms with E-state index in [1.165, 1.54) is 32.1 Å². The fourth-order valence-corrected chi connectivity index (χ4v) is 1.90. The minimum absolute atomic E-state index is 0.384. The molecule has 1 N–H and O–H groups in total. The van der Waals surface area contributed by atoms with Crippen LogP contribution in [-0.2, 0) is 0 Å². The van der Waals surface area contributed by atoms with Gasteiger partial charge in [0.05, 0.1) is 0 Å². The summed E-state index contributed by atoms with van der Waals surface area (Å²) in [6, 6.07) is 5.67. The largest absolute Gasteiger partial charge is 0.508 e. The molecule has 0 saturated heterocycles. The SMILES string of the molecule is C#C.CCCCCCC/C=C/c1cccc(O)c1C. The summed E-state index contributed by atoms with van der Waals surface area (Å²) >= 11 is 0. The second-order valence-corrected chi connectivity index (χ2v) is 4.60. The summed E-state index contributed by atoms with van der Waals surface area (Å²) < 4.78 is 0. The fourth-order valence-electron chi connectivity index (χ4n) is 1.90. The molecule has 0 aromatic heterocycles. The van der Waals surface area contributed by atoms with Crippen LogP contribution in [0.2, 0.25) is 0 Å². The molecule has 0 aliphatic heterocycles. The Kier molecular flexibility index (Phi) is 10.4. The van der Waals surface area contributed by atoms with Crippen LogP contribution in [0.15, 0.2) is 24.3 Å². The Bertz CT molecular complexity index is 388. The van der Waals surface area contributed by atoms with E-state index < -0.39 is 0 Å². The van der Waals surface area contributed by atoms with Crippen molar-refractivity contribution in [2.24, 2.45) is 0 Å². The van der Waals surface area contributed by atoms with Crippen molar-refractivity contribution in [3.05, 3.63) is 35.4 Å². The Hall–Kier alpha value is -1.68. The van der Waals surface area contributed by atoms with Gasteiger partial charge in [0.15, 0.2) is 0 Å². The summed E-state index contributed by atoms with van der Waals surface area (Å²) in [6.45, 7) is 4.20.